The topological polar surface area (TPSA) is 86.7 Å². The molecule has 0 bridgehead atoms. The zero-order chi connectivity index (χ0) is 19.6. The van der Waals surface area contributed by atoms with Crippen molar-refractivity contribution in [2.75, 3.05) is 32.5 Å². The van der Waals surface area contributed by atoms with Crippen LogP contribution < -0.4 is 10.6 Å². The van der Waals surface area contributed by atoms with E-state index in [9.17, 15) is 18.4 Å². The lowest BCUT2D eigenvalue weighted by Crippen LogP contribution is -2.41. The number of amidine groups is 1. The molecule has 0 aliphatic carbocycles. The van der Waals surface area contributed by atoms with E-state index in [1.807, 2.05) is 6.07 Å². The third-order valence-electron chi connectivity index (χ3n) is 4.36. The number of carbonyl (C=O) groups excluding carboxylic acids is 2. The van der Waals surface area contributed by atoms with Crippen LogP contribution in [0.25, 0.3) is 10.9 Å². The first kappa shape index (κ1) is 18.7. The van der Waals surface area contributed by atoms with E-state index in [2.05, 4.69) is 20.6 Å². The van der Waals surface area contributed by atoms with Crippen LogP contribution in [-0.2, 0) is 4.79 Å². The number of hydrogen-bond acceptors (Lipinski definition) is 5. The van der Waals surface area contributed by atoms with Crippen molar-refractivity contribution >= 4 is 34.2 Å². The van der Waals surface area contributed by atoms with Crippen LogP contribution >= 0.6 is 0 Å². The number of benzene rings is 1. The number of rotatable bonds is 4. The molecule has 0 saturated carbocycles. The molecule has 2 N–H and O–H groups in total. The van der Waals surface area contributed by atoms with Crippen LogP contribution in [-0.4, -0.2) is 60.6 Å². The highest BCUT2D eigenvalue weighted by Crippen LogP contribution is 2.28. The van der Waals surface area contributed by atoms with Gasteiger partial charge in [-0.3, -0.25) is 24.5 Å². The van der Waals surface area contributed by atoms with Crippen molar-refractivity contribution < 1.29 is 18.4 Å². The molecule has 3 rings (SSSR count). The monoisotopic (exact) mass is 375 g/mol. The molecule has 7 nitrogen and oxygen atoms in total. The molecule has 1 fully saturated rings. The molecule has 1 aliphatic rings. The van der Waals surface area contributed by atoms with Gasteiger partial charge in [-0.05, 0) is 12.1 Å². The number of likely N-dealkylation sites (tertiary alicyclic amines) is 1. The minimum Gasteiger partial charge on any atom is -0.386 e. The first-order chi connectivity index (χ1) is 12.9. The predicted molar refractivity (Wildman–Crippen MR) is 98.3 cm³/mol. The molecule has 1 aromatic carbocycles. The molecule has 1 aliphatic heterocycles. The number of aliphatic imine (C=N–C) groups is 1. The summed E-state index contributed by atoms with van der Waals surface area (Å²) in [6.07, 6.45) is 0.924. The second-order valence-corrected chi connectivity index (χ2v) is 6.15. The van der Waals surface area contributed by atoms with Crippen LogP contribution in [0.1, 0.15) is 16.8 Å². The van der Waals surface area contributed by atoms with E-state index in [1.165, 1.54) is 13.2 Å². The Kier molecular flexibility index (Phi) is 5.02. The van der Waals surface area contributed by atoms with E-state index in [0.29, 0.717) is 16.5 Å². The molecule has 0 atom stereocenters. The largest absolute Gasteiger partial charge is 0.386 e. The summed E-state index contributed by atoms with van der Waals surface area (Å²) in [5.41, 5.74) is 1.74. The lowest BCUT2D eigenvalue weighted by molar-refractivity contribution is -0.128. The van der Waals surface area contributed by atoms with Gasteiger partial charge in [0.2, 0.25) is 5.91 Å². The summed E-state index contributed by atoms with van der Waals surface area (Å²) in [6.45, 7) is -1.12. The molecule has 0 spiro atoms. The summed E-state index contributed by atoms with van der Waals surface area (Å²) in [7, 11) is 3.11. The number of aromatic nitrogens is 1. The van der Waals surface area contributed by atoms with Crippen LogP contribution in [0.15, 0.2) is 35.5 Å². The van der Waals surface area contributed by atoms with E-state index in [-0.39, 0.29) is 5.84 Å². The number of halogens is 2. The lowest BCUT2D eigenvalue weighted by atomic mass is 10.1. The van der Waals surface area contributed by atoms with Gasteiger partial charge < -0.3 is 10.6 Å². The van der Waals surface area contributed by atoms with Crippen LogP contribution in [0.2, 0.25) is 0 Å². The highest BCUT2D eigenvalue weighted by molar-refractivity contribution is 6.09. The molecule has 0 unspecified atom stereocenters. The number of para-hydroxylation sites is 1. The zero-order valence-electron chi connectivity index (χ0n) is 14.9. The number of carbonyl (C=O) groups is 2. The van der Waals surface area contributed by atoms with E-state index < -0.39 is 37.2 Å². The normalized spacial score (nSPS) is 17.3. The highest BCUT2D eigenvalue weighted by atomic mass is 19.3. The number of amides is 2. The quantitative estimate of drug-likeness (QED) is 0.855. The van der Waals surface area contributed by atoms with Crippen LogP contribution in [0.3, 0.4) is 0 Å². The number of fused-ring (bicyclic) bond motifs is 1. The van der Waals surface area contributed by atoms with Crippen LogP contribution in [0, 0.1) is 0 Å². The summed E-state index contributed by atoms with van der Waals surface area (Å²) in [5.74, 6) is -4.09. The van der Waals surface area contributed by atoms with Gasteiger partial charge in [0.15, 0.2) is 0 Å². The molecule has 27 heavy (non-hydrogen) atoms. The molecular weight excluding hydrogens is 356 g/mol. The number of pyridine rings is 1. The zero-order valence-corrected chi connectivity index (χ0v) is 14.9. The Balaban J connectivity index is 1.75. The molecule has 9 heteroatoms. The van der Waals surface area contributed by atoms with Gasteiger partial charge in [-0.2, -0.15) is 0 Å². The fraction of sp³-hybridized carbons (Fsp3) is 0.333. The molecule has 0 radical (unpaired) electrons. The van der Waals surface area contributed by atoms with Crippen molar-refractivity contribution in [2.24, 2.45) is 4.99 Å². The van der Waals surface area contributed by atoms with Crippen molar-refractivity contribution in [1.29, 1.82) is 0 Å². The number of hydrogen-bond donors (Lipinski definition) is 2. The molecule has 2 aromatic rings. The maximum atomic E-state index is 13.5. The van der Waals surface area contributed by atoms with E-state index >= 15 is 0 Å². The number of anilines is 1. The van der Waals surface area contributed by atoms with Crippen molar-refractivity contribution in [3.63, 3.8) is 0 Å². The van der Waals surface area contributed by atoms with Gasteiger partial charge in [-0.1, -0.05) is 12.1 Å². The highest BCUT2D eigenvalue weighted by Gasteiger charge is 2.44. The van der Waals surface area contributed by atoms with Crippen molar-refractivity contribution in [2.45, 2.75) is 12.3 Å². The molecule has 1 saturated heterocycles. The van der Waals surface area contributed by atoms with E-state index in [4.69, 9.17) is 0 Å². The van der Waals surface area contributed by atoms with Gasteiger partial charge in [-0.25, -0.2) is 8.78 Å². The van der Waals surface area contributed by atoms with Gasteiger partial charge in [0.25, 0.3) is 11.8 Å². The summed E-state index contributed by atoms with van der Waals surface area (Å²) in [4.78, 5) is 33.8. The maximum absolute atomic E-state index is 13.5. The third kappa shape index (κ3) is 3.71. The van der Waals surface area contributed by atoms with Gasteiger partial charge in [-0.15, -0.1) is 0 Å². The lowest BCUT2D eigenvalue weighted by Gasteiger charge is -2.17. The van der Waals surface area contributed by atoms with Gasteiger partial charge in [0.05, 0.1) is 36.3 Å². The number of nitrogens with one attached hydrogen (secondary N) is 2. The molecule has 2 amide bonds. The van der Waals surface area contributed by atoms with Crippen LogP contribution in [0.5, 0.6) is 0 Å². The first-order valence-electron chi connectivity index (χ1n) is 8.34. The molecule has 142 valence electrons. The van der Waals surface area contributed by atoms with Crippen molar-refractivity contribution in [3.8, 4) is 0 Å². The average Bonchev–Trinajstić information content (AvgIpc) is 2.99. The summed E-state index contributed by atoms with van der Waals surface area (Å²) >= 11 is 0. The minimum atomic E-state index is -3.00. The van der Waals surface area contributed by atoms with E-state index in [0.717, 1.165) is 10.6 Å². The SMILES string of the molecule is CN=C1CC(F)(F)CN1C(=O)CNC(=O)c1ccnc2c(NC)cccc12. The Morgan fingerprint density at radius 2 is 2.11 bits per heavy atom. The Bertz CT molecular complexity index is 929. The van der Waals surface area contributed by atoms with Gasteiger partial charge in [0.1, 0.15) is 5.84 Å². The average molecular weight is 375 g/mol. The Labute approximate surface area is 154 Å². The van der Waals surface area contributed by atoms with Crippen molar-refractivity contribution in [1.82, 2.24) is 15.2 Å². The summed E-state index contributed by atoms with van der Waals surface area (Å²) < 4.78 is 27.1. The molecular formula is C18H19F2N5O2. The second kappa shape index (κ2) is 7.26. The Morgan fingerprint density at radius 3 is 2.81 bits per heavy atom. The van der Waals surface area contributed by atoms with Crippen LogP contribution in [0.4, 0.5) is 14.5 Å². The van der Waals surface area contributed by atoms with Crippen molar-refractivity contribution in [3.05, 3.63) is 36.0 Å². The standard InChI is InChI=1S/C18H19F2N5O2/c1-21-13-5-3-4-11-12(6-7-23-16(11)13)17(27)24-9-15(26)25-10-18(19,20)8-14(25)22-2/h3-7,21H,8-10H2,1-2H3,(H,24,27). The fourth-order valence-electron chi connectivity index (χ4n) is 3.06. The van der Waals surface area contributed by atoms with Gasteiger partial charge >= 0.3 is 0 Å². The smallest absolute Gasteiger partial charge is 0.272 e. The molecule has 2 heterocycles. The minimum absolute atomic E-state index is 0.0206. The molecule has 1 aromatic heterocycles. The Morgan fingerprint density at radius 1 is 1.33 bits per heavy atom. The van der Waals surface area contributed by atoms with E-state index in [1.54, 1.807) is 25.2 Å². The second-order valence-electron chi connectivity index (χ2n) is 6.15. The number of nitrogens with zero attached hydrogens (tertiary/aromatic N) is 3. The van der Waals surface area contributed by atoms with Gasteiger partial charge in [0, 0.05) is 25.7 Å². The third-order valence-corrected chi connectivity index (χ3v) is 4.36. The first-order valence-corrected chi connectivity index (χ1v) is 8.34. The predicted octanol–water partition coefficient (Wildman–Crippen LogP) is 1.90. The Hall–Kier alpha value is -3.10. The number of alkyl halides is 2. The fourth-order valence-corrected chi connectivity index (χ4v) is 3.06. The maximum Gasteiger partial charge on any atom is 0.272 e. The summed E-state index contributed by atoms with van der Waals surface area (Å²) in [6, 6.07) is 6.92. The summed E-state index contributed by atoms with van der Waals surface area (Å²) in [5, 5.41) is 6.13.